The molecule has 0 amide bonds. The molecule has 1 aromatic rings. The first-order chi connectivity index (χ1) is 9.50. The molecule has 6 heteroatoms. The smallest absolute Gasteiger partial charge is 0.330 e. The predicted octanol–water partition coefficient (Wildman–Crippen LogP) is 1.88. The summed E-state index contributed by atoms with van der Waals surface area (Å²) in [7, 11) is 1.33. The van der Waals surface area contributed by atoms with E-state index in [0.29, 0.717) is 18.7 Å². The molecule has 1 atom stereocenters. The molecular weight excluding hydrogens is 327 g/mol. The van der Waals surface area contributed by atoms with Gasteiger partial charge in [0.1, 0.15) is 11.4 Å². The monoisotopic (exact) mass is 344 g/mol. The number of nitrogens with zero attached hydrogens (tertiary/aromatic N) is 1. The van der Waals surface area contributed by atoms with Crippen molar-refractivity contribution in [3.63, 3.8) is 0 Å². The van der Waals surface area contributed by atoms with E-state index in [1.54, 1.807) is 19.1 Å². The van der Waals surface area contributed by atoms with E-state index in [1.807, 2.05) is 4.90 Å². The minimum atomic E-state index is -1.12. The molecule has 1 aliphatic heterocycles. The molecule has 1 fully saturated rings. The second-order valence-corrected chi connectivity index (χ2v) is 5.84. The normalized spacial score (nSPS) is 19.4. The first-order valence-electron chi connectivity index (χ1n) is 6.50. The Labute approximate surface area is 126 Å². The van der Waals surface area contributed by atoms with Gasteiger partial charge in [0.25, 0.3) is 0 Å². The quantitative estimate of drug-likeness (QED) is 0.850. The molecule has 2 rings (SSSR count). The second-order valence-electron chi connectivity index (χ2n) is 4.93. The molecular formula is C14H18BrFN2O2. The molecule has 0 aromatic heterocycles. The summed E-state index contributed by atoms with van der Waals surface area (Å²) >= 11 is 3.33. The van der Waals surface area contributed by atoms with E-state index < -0.39 is 17.3 Å². The summed E-state index contributed by atoms with van der Waals surface area (Å²) in [6.45, 7) is 4.58. The van der Waals surface area contributed by atoms with E-state index in [0.717, 1.165) is 17.6 Å². The molecule has 0 saturated carbocycles. The van der Waals surface area contributed by atoms with E-state index in [1.165, 1.54) is 13.2 Å². The number of rotatable bonds is 3. The number of hydrogen-bond acceptors (Lipinski definition) is 4. The fourth-order valence-electron chi connectivity index (χ4n) is 2.59. The van der Waals surface area contributed by atoms with Gasteiger partial charge in [0.05, 0.1) is 7.11 Å². The van der Waals surface area contributed by atoms with Crippen LogP contribution >= 0.6 is 15.9 Å². The summed E-state index contributed by atoms with van der Waals surface area (Å²) in [6.07, 6.45) is 0. The van der Waals surface area contributed by atoms with Gasteiger partial charge in [0.15, 0.2) is 0 Å². The van der Waals surface area contributed by atoms with E-state index in [9.17, 15) is 9.18 Å². The van der Waals surface area contributed by atoms with Gasteiger partial charge in [-0.3, -0.25) is 4.90 Å². The first-order valence-corrected chi connectivity index (χ1v) is 7.29. The van der Waals surface area contributed by atoms with Crippen molar-refractivity contribution in [1.29, 1.82) is 0 Å². The Morgan fingerprint density at radius 3 is 2.70 bits per heavy atom. The number of ether oxygens (including phenoxy) is 1. The van der Waals surface area contributed by atoms with Crippen molar-refractivity contribution in [3.8, 4) is 0 Å². The number of esters is 1. The second kappa shape index (κ2) is 6.20. The highest BCUT2D eigenvalue weighted by Gasteiger charge is 2.44. The van der Waals surface area contributed by atoms with E-state index in [-0.39, 0.29) is 0 Å². The number of nitrogens with one attached hydrogen (secondary N) is 1. The van der Waals surface area contributed by atoms with Crippen LogP contribution in [0.25, 0.3) is 0 Å². The number of benzene rings is 1. The van der Waals surface area contributed by atoms with Crippen molar-refractivity contribution in [1.82, 2.24) is 10.2 Å². The molecule has 110 valence electrons. The van der Waals surface area contributed by atoms with Gasteiger partial charge in [0, 0.05) is 36.2 Å². The average Bonchev–Trinajstić information content (AvgIpc) is 2.49. The van der Waals surface area contributed by atoms with Crippen molar-refractivity contribution < 1.29 is 13.9 Å². The van der Waals surface area contributed by atoms with Crippen molar-refractivity contribution >= 4 is 21.9 Å². The van der Waals surface area contributed by atoms with Crippen LogP contribution in [0.15, 0.2) is 22.7 Å². The Morgan fingerprint density at radius 2 is 2.10 bits per heavy atom. The van der Waals surface area contributed by atoms with Crippen molar-refractivity contribution in [2.45, 2.75) is 12.5 Å². The zero-order valence-corrected chi connectivity index (χ0v) is 13.2. The minimum Gasteiger partial charge on any atom is -0.467 e. The summed E-state index contributed by atoms with van der Waals surface area (Å²) < 4.78 is 19.9. The maximum absolute atomic E-state index is 14.2. The van der Waals surface area contributed by atoms with E-state index >= 15 is 0 Å². The highest BCUT2D eigenvalue weighted by Crippen LogP contribution is 2.33. The molecule has 0 aliphatic carbocycles. The number of halogens is 2. The summed E-state index contributed by atoms with van der Waals surface area (Å²) in [4.78, 5) is 14.3. The molecule has 1 aromatic carbocycles. The van der Waals surface area contributed by atoms with Gasteiger partial charge in [0.2, 0.25) is 0 Å². The molecule has 1 saturated heterocycles. The number of carbonyl (C=O) groups excluding carboxylic acids is 1. The van der Waals surface area contributed by atoms with Crippen LogP contribution in [0.3, 0.4) is 0 Å². The predicted molar refractivity (Wildman–Crippen MR) is 77.9 cm³/mol. The Kier molecular flexibility index (Phi) is 4.78. The SMILES string of the molecule is COC(=O)C(C)(c1cc(Br)ccc1F)N1CCNCC1. The number of methoxy groups -OCH3 is 1. The summed E-state index contributed by atoms with van der Waals surface area (Å²) in [5, 5.41) is 3.22. The van der Waals surface area contributed by atoms with Crippen LogP contribution in [0, 0.1) is 5.82 Å². The molecule has 0 bridgehead atoms. The lowest BCUT2D eigenvalue weighted by Gasteiger charge is -2.41. The molecule has 1 heterocycles. The third-order valence-electron chi connectivity index (χ3n) is 3.79. The Bertz CT molecular complexity index is 506. The first kappa shape index (κ1) is 15.4. The molecule has 1 unspecified atom stereocenters. The fraction of sp³-hybridized carbons (Fsp3) is 0.500. The lowest BCUT2D eigenvalue weighted by Crippen LogP contribution is -2.57. The lowest BCUT2D eigenvalue weighted by molar-refractivity contribution is -0.156. The Hall–Kier alpha value is -0.980. The highest BCUT2D eigenvalue weighted by molar-refractivity contribution is 9.10. The van der Waals surface area contributed by atoms with Gasteiger partial charge in [-0.05, 0) is 25.1 Å². The maximum atomic E-state index is 14.2. The molecule has 20 heavy (non-hydrogen) atoms. The van der Waals surface area contributed by atoms with Crippen LogP contribution in [-0.4, -0.2) is 44.2 Å². The molecule has 0 radical (unpaired) electrons. The third-order valence-corrected chi connectivity index (χ3v) is 4.28. The molecule has 1 N–H and O–H groups in total. The van der Waals surface area contributed by atoms with Crippen LogP contribution < -0.4 is 5.32 Å². The molecule has 1 aliphatic rings. The van der Waals surface area contributed by atoms with E-state index in [2.05, 4.69) is 21.2 Å². The van der Waals surface area contributed by atoms with Crippen molar-refractivity contribution in [3.05, 3.63) is 34.1 Å². The largest absolute Gasteiger partial charge is 0.467 e. The maximum Gasteiger partial charge on any atom is 0.330 e. The minimum absolute atomic E-state index is 0.334. The zero-order chi connectivity index (χ0) is 14.8. The number of carbonyl (C=O) groups is 1. The van der Waals surface area contributed by atoms with Gasteiger partial charge in [-0.25, -0.2) is 9.18 Å². The standard InChI is InChI=1S/C14H18BrFN2O2/c1-14(13(19)20-2,18-7-5-17-6-8-18)11-9-10(15)3-4-12(11)16/h3-4,9,17H,5-8H2,1-2H3. The highest BCUT2D eigenvalue weighted by atomic mass is 79.9. The number of hydrogen-bond donors (Lipinski definition) is 1. The van der Waals surface area contributed by atoms with Crippen molar-refractivity contribution in [2.24, 2.45) is 0 Å². The van der Waals surface area contributed by atoms with Crippen LogP contribution in [0.5, 0.6) is 0 Å². The van der Waals surface area contributed by atoms with Crippen LogP contribution in [0.4, 0.5) is 4.39 Å². The van der Waals surface area contributed by atoms with E-state index in [4.69, 9.17) is 4.74 Å². The average molecular weight is 345 g/mol. The molecule has 4 nitrogen and oxygen atoms in total. The van der Waals surface area contributed by atoms with Gasteiger partial charge in [-0.15, -0.1) is 0 Å². The lowest BCUT2D eigenvalue weighted by atomic mass is 9.89. The van der Waals surface area contributed by atoms with Crippen LogP contribution in [0.2, 0.25) is 0 Å². The zero-order valence-electron chi connectivity index (χ0n) is 11.6. The summed E-state index contributed by atoms with van der Waals surface area (Å²) in [5.41, 5.74) is -0.786. The summed E-state index contributed by atoms with van der Waals surface area (Å²) in [6, 6.07) is 4.63. The van der Waals surface area contributed by atoms with Gasteiger partial charge >= 0.3 is 5.97 Å². The Balaban J connectivity index is 2.50. The molecule has 0 spiro atoms. The Morgan fingerprint density at radius 1 is 1.45 bits per heavy atom. The topological polar surface area (TPSA) is 41.6 Å². The van der Waals surface area contributed by atoms with Gasteiger partial charge in [-0.1, -0.05) is 15.9 Å². The van der Waals surface area contributed by atoms with Gasteiger partial charge in [-0.2, -0.15) is 0 Å². The number of piperazine rings is 1. The van der Waals surface area contributed by atoms with Crippen LogP contribution in [-0.2, 0) is 15.1 Å². The fourth-order valence-corrected chi connectivity index (χ4v) is 2.95. The summed E-state index contributed by atoms with van der Waals surface area (Å²) in [5.74, 6) is -0.851. The van der Waals surface area contributed by atoms with Crippen molar-refractivity contribution in [2.75, 3.05) is 33.3 Å². The van der Waals surface area contributed by atoms with Crippen LogP contribution in [0.1, 0.15) is 12.5 Å². The third kappa shape index (κ3) is 2.73. The van der Waals surface area contributed by atoms with Gasteiger partial charge < -0.3 is 10.1 Å².